The van der Waals surface area contributed by atoms with Crippen molar-refractivity contribution in [3.05, 3.63) is 74.4 Å². The van der Waals surface area contributed by atoms with Crippen LogP contribution in [0.1, 0.15) is 29.7 Å². The molecule has 1 unspecified atom stereocenters. The zero-order valence-electron chi connectivity index (χ0n) is 15.1. The number of carbonyl (C=O) groups excluding carboxylic acids is 2. The highest BCUT2D eigenvalue weighted by Crippen LogP contribution is 2.33. The Kier molecular flexibility index (Phi) is 5.44. The lowest BCUT2D eigenvalue weighted by atomic mass is 9.94. The summed E-state index contributed by atoms with van der Waals surface area (Å²) in [4.78, 5) is 25.1. The second-order valence-corrected chi connectivity index (χ2v) is 7.35. The number of allylic oxidation sites excluding steroid dienone is 1. The molecule has 0 bridgehead atoms. The highest BCUT2D eigenvalue weighted by atomic mass is 35.5. The predicted molar refractivity (Wildman–Crippen MR) is 108 cm³/mol. The van der Waals surface area contributed by atoms with E-state index in [1.54, 1.807) is 25.1 Å². The fraction of sp³-hybridized carbons (Fsp3) is 0.200. The maximum Gasteiger partial charge on any atom is 0.319 e. The molecular formula is C20H19Cl2N3O2. The van der Waals surface area contributed by atoms with E-state index in [0.717, 1.165) is 11.1 Å². The fourth-order valence-electron chi connectivity index (χ4n) is 3.11. The number of hydrogen-bond acceptors (Lipinski definition) is 2. The van der Waals surface area contributed by atoms with Gasteiger partial charge < -0.3 is 16.0 Å². The SMILES string of the molecule is CC1=C(C(=O)Nc2ccc(C)cc2C)C(c2ccc(Cl)cc2Cl)NC(=O)N1. The molecule has 2 aromatic rings. The van der Waals surface area contributed by atoms with E-state index < -0.39 is 12.1 Å². The second kappa shape index (κ2) is 7.62. The van der Waals surface area contributed by atoms with E-state index in [1.165, 1.54) is 0 Å². The van der Waals surface area contributed by atoms with Gasteiger partial charge in [-0.1, -0.05) is 47.0 Å². The van der Waals surface area contributed by atoms with Crippen molar-refractivity contribution in [2.45, 2.75) is 26.8 Å². The highest BCUT2D eigenvalue weighted by Gasteiger charge is 2.32. The Bertz CT molecular complexity index is 970. The summed E-state index contributed by atoms with van der Waals surface area (Å²) in [6.45, 7) is 5.61. The summed E-state index contributed by atoms with van der Waals surface area (Å²) in [6.07, 6.45) is 0. The summed E-state index contributed by atoms with van der Waals surface area (Å²) >= 11 is 12.3. The monoisotopic (exact) mass is 403 g/mol. The van der Waals surface area contributed by atoms with Gasteiger partial charge in [-0.3, -0.25) is 4.79 Å². The molecule has 7 heteroatoms. The summed E-state index contributed by atoms with van der Waals surface area (Å²) in [5, 5.41) is 9.20. The number of aryl methyl sites for hydroxylation is 2. The first-order valence-electron chi connectivity index (χ1n) is 8.38. The summed E-state index contributed by atoms with van der Waals surface area (Å²) in [7, 11) is 0. The van der Waals surface area contributed by atoms with Crippen molar-refractivity contribution in [2.75, 3.05) is 5.32 Å². The first-order valence-corrected chi connectivity index (χ1v) is 9.13. The molecule has 0 fully saturated rings. The van der Waals surface area contributed by atoms with Crippen molar-refractivity contribution in [3.63, 3.8) is 0 Å². The molecule has 140 valence electrons. The molecule has 1 aliphatic rings. The summed E-state index contributed by atoms with van der Waals surface area (Å²) < 4.78 is 0. The first-order chi connectivity index (χ1) is 12.8. The molecule has 27 heavy (non-hydrogen) atoms. The van der Waals surface area contributed by atoms with Crippen LogP contribution in [0, 0.1) is 13.8 Å². The molecule has 0 radical (unpaired) electrons. The zero-order chi connectivity index (χ0) is 19.7. The highest BCUT2D eigenvalue weighted by molar-refractivity contribution is 6.35. The van der Waals surface area contributed by atoms with Gasteiger partial charge in [0.2, 0.25) is 0 Å². The standard InChI is InChI=1S/C20H19Cl2N3O2/c1-10-4-7-16(11(2)8-10)24-19(26)17-12(3)23-20(27)25-18(17)14-6-5-13(21)9-15(14)22/h4-9,18H,1-3H3,(H,24,26)(H2,23,25,27). The van der Waals surface area contributed by atoms with Crippen molar-refractivity contribution in [2.24, 2.45) is 0 Å². The average molecular weight is 404 g/mol. The minimum Gasteiger partial charge on any atom is -0.327 e. The number of nitrogens with one attached hydrogen (secondary N) is 3. The second-order valence-electron chi connectivity index (χ2n) is 6.51. The van der Waals surface area contributed by atoms with E-state index >= 15 is 0 Å². The maximum absolute atomic E-state index is 13.1. The fourth-order valence-corrected chi connectivity index (χ4v) is 3.62. The van der Waals surface area contributed by atoms with Gasteiger partial charge in [-0.15, -0.1) is 0 Å². The number of anilines is 1. The number of halogens is 2. The van der Waals surface area contributed by atoms with Crippen molar-refractivity contribution in [3.8, 4) is 0 Å². The van der Waals surface area contributed by atoms with E-state index in [0.29, 0.717) is 32.6 Å². The Morgan fingerprint density at radius 1 is 1.07 bits per heavy atom. The van der Waals surface area contributed by atoms with Crippen LogP contribution in [0.2, 0.25) is 10.0 Å². The number of rotatable bonds is 3. The van der Waals surface area contributed by atoms with Crippen LogP contribution in [0.15, 0.2) is 47.7 Å². The Balaban J connectivity index is 1.99. The molecule has 1 atom stereocenters. The van der Waals surface area contributed by atoms with Gasteiger partial charge >= 0.3 is 6.03 Å². The van der Waals surface area contributed by atoms with Crippen molar-refractivity contribution in [1.82, 2.24) is 10.6 Å². The minimum atomic E-state index is -0.686. The van der Waals surface area contributed by atoms with Crippen LogP contribution in [-0.4, -0.2) is 11.9 Å². The molecular weight excluding hydrogens is 385 g/mol. The molecule has 1 heterocycles. The van der Waals surface area contributed by atoms with Crippen LogP contribution >= 0.6 is 23.2 Å². The summed E-state index contributed by atoms with van der Waals surface area (Å²) in [6, 6.07) is 9.66. The van der Waals surface area contributed by atoms with Gasteiger partial charge in [-0.2, -0.15) is 0 Å². The molecule has 0 aliphatic carbocycles. The van der Waals surface area contributed by atoms with E-state index in [9.17, 15) is 9.59 Å². The lowest BCUT2D eigenvalue weighted by Gasteiger charge is -2.29. The molecule has 0 aromatic heterocycles. The maximum atomic E-state index is 13.1. The molecule has 3 N–H and O–H groups in total. The van der Waals surface area contributed by atoms with E-state index in [2.05, 4.69) is 16.0 Å². The summed E-state index contributed by atoms with van der Waals surface area (Å²) in [5.74, 6) is -0.317. The third-order valence-corrected chi connectivity index (χ3v) is 4.98. The number of carbonyl (C=O) groups is 2. The zero-order valence-corrected chi connectivity index (χ0v) is 16.6. The van der Waals surface area contributed by atoms with Crippen LogP contribution in [0.25, 0.3) is 0 Å². The van der Waals surface area contributed by atoms with Gasteiger partial charge in [-0.25, -0.2) is 4.79 Å². The van der Waals surface area contributed by atoms with Gasteiger partial charge in [0, 0.05) is 21.4 Å². The van der Waals surface area contributed by atoms with Crippen LogP contribution in [0.4, 0.5) is 10.5 Å². The molecule has 5 nitrogen and oxygen atoms in total. The average Bonchev–Trinajstić information content (AvgIpc) is 2.56. The minimum absolute atomic E-state index is 0.317. The van der Waals surface area contributed by atoms with Gasteiger partial charge in [0.25, 0.3) is 5.91 Å². The predicted octanol–water partition coefficient (Wildman–Crippen LogP) is 4.88. The lowest BCUT2D eigenvalue weighted by Crippen LogP contribution is -2.46. The Labute approximate surface area is 167 Å². The smallest absolute Gasteiger partial charge is 0.319 e. The summed E-state index contributed by atoms with van der Waals surface area (Å²) in [5.41, 5.74) is 4.23. The molecule has 0 saturated carbocycles. The van der Waals surface area contributed by atoms with Gasteiger partial charge in [0.15, 0.2) is 0 Å². The number of amides is 3. The number of benzene rings is 2. The van der Waals surface area contributed by atoms with Crippen molar-refractivity contribution >= 4 is 40.8 Å². The van der Waals surface area contributed by atoms with Gasteiger partial charge in [-0.05, 0) is 50.1 Å². The lowest BCUT2D eigenvalue weighted by molar-refractivity contribution is -0.113. The first kappa shape index (κ1) is 19.3. The normalized spacial score (nSPS) is 16.6. The van der Waals surface area contributed by atoms with Crippen LogP contribution in [0.5, 0.6) is 0 Å². The van der Waals surface area contributed by atoms with E-state index in [-0.39, 0.29) is 5.91 Å². The number of hydrogen-bond donors (Lipinski definition) is 3. The van der Waals surface area contributed by atoms with Crippen LogP contribution < -0.4 is 16.0 Å². The quantitative estimate of drug-likeness (QED) is 0.683. The van der Waals surface area contributed by atoms with Crippen LogP contribution in [0.3, 0.4) is 0 Å². The van der Waals surface area contributed by atoms with Crippen molar-refractivity contribution in [1.29, 1.82) is 0 Å². The van der Waals surface area contributed by atoms with Crippen molar-refractivity contribution < 1.29 is 9.59 Å². The third-order valence-electron chi connectivity index (χ3n) is 4.42. The third kappa shape index (κ3) is 4.10. The molecule has 2 aromatic carbocycles. The largest absolute Gasteiger partial charge is 0.327 e. The molecule has 3 rings (SSSR count). The van der Waals surface area contributed by atoms with E-state index in [1.807, 2.05) is 32.0 Å². The molecule has 1 aliphatic heterocycles. The Hall–Kier alpha value is -2.50. The molecule has 0 spiro atoms. The topological polar surface area (TPSA) is 70.2 Å². The van der Waals surface area contributed by atoms with Crippen LogP contribution in [-0.2, 0) is 4.79 Å². The number of urea groups is 1. The molecule has 3 amide bonds. The molecule has 0 saturated heterocycles. The Morgan fingerprint density at radius 2 is 1.81 bits per heavy atom. The van der Waals surface area contributed by atoms with Gasteiger partial charge in [0.05, 0.1) is 11.6 Å². The van der Waals surface area contributed by atoms with Gasteiger partial charge in [0.1, 0.15) is 0 Å². The Morgan fingerprint density at radius 3 is 2.48 bits per heavy atom. The van der Waals surface area contributed by atoms with E-state index in [4.69, 9.17) is 23.2 Å².